The third-order valence-electron chi connectivity index (χ3n) is 1.96. The minimum absolute atomic E-state index is 0.499. The first kappa shape index (κ1) is 9.03. The van der Waals surface area contributed by atoms with Gasteiger partial charge in [0.05, 0.1) is 6.04 Å². The highest BCUT2D eigenvalue weighted by molar-refractivity contribution is 14.1. The normalized spacial score (nSPS) is 13.9. The lowest BCUT2D eigenvalue weighted by Crippen LogP contribution is -2.11. The minimum atomic E-state index is 0.499. The van der Waals surface area contributed by atoms with Gasteiger partial charge >= 0.3 is 0 Å². The largest absolute Gasteiger partial charge is 0.269 e. The maximum absolute atomic E-state index is 4.34. The number of rotatable bonds is 2. The second-order valence-electron chi connectivity index (χ2n) is 3.10. The van der Waals surface area contributed by atoms with Gasteiger partial charge in [-0.05, 0) is 41.5 Å². The van der Waals surface area contributed by atoms with Crippen LogP contribution in [0.15, 0.2) is 12.3 Å². The molecule has 0 radical (unpaired) electrons. The summed E-state index contributed by atoms with van der Waals surface area (Å²) in [5.74, 6) is 0.644. The Labute approximate surface area is 81.1 Å². The Balaban J connectivity index is 2.76. The first-order valence-corrected chi connectivity index (χ1v) is 4.90. The molecule has 0 aliphatic carbocycles. The van der Waals surface area contributed by atoms with E-state index in [9.17, 15) is 0 Å². The van der Waals surface area contributed by atoms with E-state index in [4.69, 9.17) is 0 Å². The summed E-state index contributed by atoms with van der Waals surface area (Å²) in [7, 11) is 0. The average Bonchev–Trinajstić information content (AvgIpc) is 2.34. The fourth-order valence-electron chi connectivity index (χ4n) is 0.847. The smallest absolute Gasteiger partial charge is 0.123 e. The summed E-state index contributed by atoms with van der Waals surface area (Å²) in [5.41, 5.74) is 0. The zero-order chi connectivity index (χ0) is 8.43. The number of hydrogen-bond acceptors (Lipinski definition) is 1. The van der Waals surface area contributed by atoms with Crippen molar-refractivity contribution in [2.45, 2.75) is 26.8 Å². The summed E-state index contributed by atoms with van der Waals surface area (Å²) in [6.07, 6.45) is 2.03. The molecule has 0 aliphatic rings. The van der Waals surface area contributed by atoms with Gasteiger partial charge in [0.15, 0.2) is 0 Å². The van der Waals surface area contributed by atoms with Crippen LogP contribution in [0, 0.1) is 9.62 Å². The average molecular weight is 264 g/mol. The highest BCUT2D eigenvalue weighted by Gasteiger charge is 2.09. The van der Waals surface area contributed by atoms with Crippen molar-refractivity contribution in [2.75, 3.05) is 0 Å². The van der Waals surface area contributed by atoms with Crippen molar-refractivity contribution in [2.24, 2.45) is 5.92 Å². The summed E-state index contributed by atoms with van der Waals surface area (Å²) < 4.78 is 3.09. The van der Waals surface area contributed by atoms with Gasteiger partial charge in [0.25, 0.3) is 0 Å². The van der Waals surface area contributed by atoms with Gasteiger partial charge in [0, 0.05) is 6.20 Å². The monoisotopic (exact) mass is 264 g/mol. The standard InChI is InChI=1S/C8H13IN2/c1-6(2)7(3)11-5-4-8(9)10-11/h4-7H,1-3H3. The van der Waals surface area contributed by atoms with E-state index in [1.165, 1.54) is 0 Å². The van der Waals surface area contributed by atoms with Crippen LogP contribution in [0.5, 0.6) is 0 Å². The van der Waals surface area contributed by atoms with Crippen molar-refractivity contribution in [3.8, 4) is 0 Å². The van der Waals surface area contributed by atoms with E-state index in [0.717, 1.165) is 3.70 Å². The molecule has 1 aromatic rings. The summed E-state index contributed by atoms with van der Waals surface area (Å²) in [4.78, 5) is 0. The quantitative estimate of drug-likeness (QED) is 0.751. The van der Waals surface area contributed by atoms with Crippen molar-refractivity contribution >= 4 is 22.6 Å². The van der Waals surface area contributed by atoms with E-state index in [1.807, 2.05) is 16.9 Å². The molecule has 0 fully saturated rings. The predicted molar refractivity (Wildman–Crippen MR) is 54.5 cm³/mol. The molecule has 1 atom stereocenters. The maximum Gasteiger partial charge on any atom is 0.123 e. The van der Waals surface area contributed by atoms with Crippen LogP contribution in [0.25, 0.3) is 0 Å². The molecule has 0 N–H and O–H groups in total. The highest BCUT2D eigenvalue weighted by atomic mass is 127. The van der Waals surface area contributed by atoms with Gasteiger partial charge < -0.3 is 0 Å². The molecule has 3 heteroatoms. The predicted octanol–water partition coefficient (Wildman–Crippen LogP) is 2.70. The van der Waals surface area contributed by atoms with Crippen LogP contribution in [-0.4, -0.2) is 9.78 Å². The molecule has 0 saturated carbocycles. The van der Waals surface area contributed by atoms with Crippen LogP contribution in [-0.2, 0) is 0 Å². The van der Waals surface area contributed by atoms with Gasteiger partial charge in [-0.1, -0.05) is 13.8 Å². The molecule has 1 rings (SSSR count). The maximum atomic E-state index is 4.34. The molecule has 1 aromatic heterocycles. The van der Waals surface area contributed by atoms with Gasteiger partial charge in [-0.15, -0.1) is 0 Å². The molecule has 0 saturated heterocycles. The Morgan fingerprint density at radius 2 is 2.09 bits per heavy atom. The van der Waals surface area contributed by atoms with Crippen LogP contribution < -0.4 is 0 Å². The number of nitrogens with zero attached hydrogens (tertiary/aromatic N) is 2. The molecule has 0 aromatic carbocycles. The molecule has 0 bridgehead atoms. The third kappa shape index (κ3) is 2.18. The number of hydrogen-bond donors (Lipinski definition) is 0. The fourth-order valence-corrected chi connectivity index (χ4v) is 1.26. The molecular weight excluding hydrogens is 251 g/mol. The Hall–Kier alpha value is -0.0600. The van der Waals surface area contributed by atoms with E-state index >= 15 is 0 Å². The first-order chi connectivity index (χ1) is 5.11. The summed E-state index contributed by atoms with van der Waals surface area (Å²) in [6, 6.07) is 2.53. The number of aromatic nitrogens is 2. The van der Waals surface area contributed by atoms with E-state index in [0.29, 0.717) is 12.0 Å². The Kier molecular flexibility index (Phi) is 2.92. The molecular formula is C8H13IN2. The van der Waals surface area contributed by atoms with Crippen molar-refractivity contribution < 1.29 is 0 Å². The lowest BCUT2D eigenvalue weighted by Gasteiger charge is -2.15. The molecule has 1 heterocycles. The van der Waals surface area contributed by atoms with E-state index < -0.39 is 0 Å². The second-order valence-corrected chi connectivity index (χ2v) is 4.21. The van der Waals surface area contributed by atoms with Crippen molar-refractivity contribution in [3.63, 3.8) is 0 Å². The molecule has 1 unspecified atom stereocenters. The highest BCUT2D eigenvalue weighted by Crippen LogP contribution is 2.15. The van der Waals surface area contributed by atoms with Crippen LogP contribution in [0.3, 0.4) is 0 Å². The van der Waals surface area contributed by atoms with E-state index in [2.05, 4.69) is 48.5 Å². The lowest BCUT2D eigenvalue weighted by atomic mass is 10.1. The van der Waals surface area contributed by atoms with Crippen LogP contribution >= 0.6 is 22.6 Å². The van der Waals surface area contributed by atoms with Crippen molar-refractivity contribution in [3.05, 3.63) is 16.0 Å². The van der Waals surface area contributed by atoms with Crippen LogP contribution in [0.2, 0.25) is 0 Å². The molecule has 62 valence electrons. The molecule has 2 nitrogen and oxygen atoms in total. The van der Waals surface area contributed by atoms with Gasteiger partial charge in [0.2, 0.25) is 0 Å². The van der Waals surface area contributed by atoms with Crippen LogP contribution in [0.4, 0.5) is 0 Å². The Bertz CT molecular complexity index is 230. The zero-order valence-corrected chi connectivity index (χ0v) is 9.24. The summed E-state index contributed by atoms with van der Waals surface area (Å²) in [5, 5.41) is 4.34. The van der Waals surface area contributed by atoms with Crippen LogP contribution in [0.1, 0.15) is 26.8 Å². The first-order valence-electron chi connectivity index (χ1n) is 3.82. The molecule has 0 spiro atoms. The fraction of sp³-hybridized carbons (Fsp3) is 0.625. The van der Waals surface area contributed by atoms with E-state index in [-0.39, 0.29) is 0 Å². The van der Waals surface area contributed by atoms with E-state index in [1.54, 1.807) is 0 Å². The van der Waals surface area contributed by atoms with Gasteiger partial charge in [-0.25, -0.2) is 0 Å². The van der Waals surface area contributed by atoms with Crippen molar-refractivity contribution in [1.29, 1.82) is 0 Å². The van der Waals surface area contributed by atoms with Gasteiger partial charge in [0.1, 0.15) is 3.70 Å². The molecule has 11 heavy (non-hydrogen) atoms. The summed E-state index contributed by atoms with van der Waals surface area (Å²) >= 11 is 2.23. The SMILES string of the molecule is CC(C)C(C)n1ccc(I)n1. The Morgan fingerprint density at radius 3 is 2.45 bits per heavy atom. The second kappa shape index (κ2) is 3.56. The topological polar surface area (TPSA) is 17.8 Å². The van der Waals surface area contributed by atoms with Gasteiger partial charge in [-0.2, -0.15) is 5.10 Å². The zero-order valence-electron chi connectivity index (χ0n) is 7.08. The molecule has 0 amide bonds. The minimum Gasteiger partial charge on any atom is -0.269 e. The van der Waals surface area contributed by atoms with Gasteiger partial charge in [-0.3, -0.25) is 4.68 Å². The Morgan fingerprint density at radius 1 is 1.45 bits per heavy atom. The third-order valence-corrected chi connectivity index (χ3v) is 2.53. The van der Waals surface area contributed by atoms with Crippen molar-refractivity contribution in [1.82, 2.24) is 9.78 Å². The lowest BCUT2D eigenvalue weighted by molar-refractivity contribution is 0.374. The molecule has 0 aliphatic heterocycles. The number of halogens is 1. The summed E-state index contributed by atoms with van der Waals surface area (Å²) in [6.45, 7) is 6.60.